The fourth-order valence-corrected chi connectivity index (χ4v) is 3.02. The van der Waals surface area contributed by atoms with Crippen LogP contribution >= 0.6 is 0 Å². The molecule has 3 rings (SSSR count). The van der Waals surface area contributed by atoms with Gasteiger partial charge in [-0.2, -0.15) is 0 Å². The number of aryl methyl sites for hydroxylation is 1. The number of ketones is 2. The standard InChI is InChI=1S/C19H18O2/c1-12-7-9-14(10-8-12)11-17-13(2)18(20)15-5-3-4-6-16(15)19(17)21/h3-10,15-16H,11H2,1-2H3. The molecule has 0 spiro atoms. The van der Waals surface area contributed by atoms with Gasteiger partial charge >= 0.3 is 0 Å². The maximum absolute atomic E-state index is 12.7. The molecule has 21 heavy (non-hydrogen) atoms. The Morgan fingerprint density at radius 1 is 0.857 bits per heavy atom. The molecule has 0 heterocycles. The van der Waals surface area contributed by atoms with Crippen molar-refractivity contribution in [1.82, 2.24) is 0 Å². The molecule has 2 aliphatic carbocycles. The van der Waals surface area contributed by atoms with Gasteiger partial charge in [-0.05, 0) is 25.0 Å². The van der Waals surface area contributed by atoms with Crippen molar-refractivity contribution in [2.75, 3.05) is 0 Å². The Morgan fingerprint density at radius 2 is 1.43 bits per heavy atom. The minimum absolute atomic E-state index is 0.0855. The van der Waals surface area contributed by atoms with Crippen LogP contribution in [0.25, 0.3) is 0 Å². The predicted molar refractivity (Wildman–Crippen MR) is 82.9 cm³/mol. The Morgan fingerprint density at radius 3 is 2.05 bits per heavy atom. The largest absolute Gasteiger partial charge is 0.294 e. The van der Waals surface area contributed by atoms with Gasteiger partial charge in [0.15, 0.2) is 11.6 Å². The first-order valence-corrected chi connectivity index (χ1v) is 7.26. The van der Waals surface area contributed by atoms with E-state index in [1.807, 2.05) is 55.5 Å². The zero-order valence-corrected chi connectivity index (χ0v) is 12.3. The van der Waals surface area contributed by atoms with E-state index in [2.05, 4.69) is 0 Å². The molecule has 0 aromatic heterocycles. The third kappa shape index (κ3) is 2.42. The first kappa shape index (κ1) is 13.7. The van der Waals surface area contributed by atoms with Gasteiger partial charge in [0.25, 0.3) is 0 Å². The molecule has 2 heteroatoms. The highest BCUT2D eigenvalue weighted by molar-refractivity contribution is 6.15. The molecule has 0 amide bonds. The molecular formula is C19H18O2. The average Bonchev–Trinajstić information content (AvgIpc) is 2.51. The van der Waals surface area contributed by atoms with E-state index in [4.69, 9.17) is 0 Å². The third-order valence-electron chi connectivity index (χ3n) is 4.36. The second-order valence-electron chi connectivity index (χ2n) is 5.82. The summed E-state index contributed by atoms with van der Waals surface area (Å²) in [6.07, 6.45) is 7.95. The number of rotatable bonds is 2. The monoisotopic (exact) mass is 278 g/mol. The summed E-state index contributed by atoms with van der Waals surface area (Å²) >= 11 is 0. The lowest BCUT2D eigenvalue weighted by Crippen LogP contribution is -2.36. The van der Waals surface area contributed by atoms with Crippen LogP contribution in [0, 0.1) is 18.8 Å². The lowest BCUT2D eigenvalue weighted by molar-refractivity contribution is -0.127. The fourth-order valence-electron chi connectivity index (χ4n) is 3.02. The first-order valence-electron chi connectivity index (χ1n) is 7.26. The molecule has 2 nitrogen and oxygen atoms in total. The van der Waals surface area contributed by atoms with E-state index in [1.165, 1.54) is 5.56 Å². The van der Waals surface area contributed by atoms with Crippen molar-refractivity contribution in [2.24, 2.45) is 11.8 Å². The third-order valence-corrected chi connectivity index (χ3v) is 4.36. The number of fused-ring (bicyclic) bond motifs is 1. The molecule has 2 aliphatic rings. The molecule has 2 unspecified atom stereocenters. The van der Waals surface area contributed by atoms with E-state index < -0.39 is 0 Å². The van der Waals surface area contributed by atoms with E-state index in [1.54, 1.807) is 6.92 Å². The Labute approximate surface area is 124 Å². The number of benzene rings is 1. The molecule has 0 radical (unpaired) electrons. The van der Waals surface area contributed by atoms with Gasteiger partial charge in [-0.25, -0.2) is 0 Å². The molecular weight excluding hydrogens is 260 g/mol. The van der Waals surface area contributed by atoms with Crippen molar-refractivity contribution in [3.05, 3.63) is 70.8 Å². The summed E-state index contributed by atoms with van der Waals surface area (Å²) in [5.41, 5.74) is 3.56. The van der Waals surface area contributed by atoms with Crippen molar-refractivity contribution < 1.29 is 9.59 Å². The second kappa shape index (κ2) is 5.28. The van der Waals surface area contributed by atoms with Crippen LogP contribution in [0.2, 0.25) is 0 Å². The van der Waals surface area contributed by atoms with Gasteiger partial charge in [0, 0.05) is 12.0 Å². The van der Waals surface area contributed by atoms with E-state index in [0.717, 1.165) is 5.56 Å². The normalized spacial score (nSPS) is 24.5. The number of Topliss-reactive ketones (excluding diaryl/α,β-unsaturated/α-hetero) is 2. The van der Waals surface area contributed by atoms with Crippen LogP contribution in [0.1, 0.15) is 18.1 Å². The Kier molecular flexibility index (Phi) is 3.46. The van der Waals surface area contributed by atoms with Crippen molar-refractivity contribution in [2.45, 2.75) is 20.3 Å². The number of allylic oxidation sites excluding steroid dienone is 6. The Hall–Kier alpha value is -2.22. The molecule has 0 saturated heterocycles. The van der Waals surface area contributed by atoms with Gasteiger partial charge in [-0.1, -0.05) is 54.1 Å². The summed E-state index contributed by atoms with van der Waals surface area (Å²) in [7, 11) is 0. The van der Waals surface area contributed by atoms with Gasteiger partial charge in [0.1, 0.15) is 0 Å². The fraction of sp³-hybridized carbons (Fsp3) is 0.263. The molecule has 1 aromatic rings. The smallest absolute Gasteiger partial charge is 0.167 e. The molecule has 106 valence electrons. The van der Waals surface area contributed by atoms with Gasteiger partial charge in [-0.3, -0.25) is 9.59 Å². The van der Waals surface area contributed by atoms with Gasteiger partial charge in [0.2, 0.25) is 0 Å². The second-order valence-corrected chi connectivity index (χ2v) is 5.82. The summed E-state index contributed by atoms with van der Waals surface area (Å²) in [5.74, 6) is -0.434. The zero-order valence-electron chi connectivity index (χ0n) is 12.3. The van der Waals surface area contributed by atoms with Gasteiger partial charge < -0.3 is 0 Å². The zero-order chi connectivity index (χ0) is 15.0. The van der Waals surface area contributed by atoms with Crippen molar-refractivity contribution in [1.29, 1.82) is 0 Å². The summed E-state index contributed by atoms with van der Waals surface area (Å²) in [6.45, 7) is 3.82. The molecule has 2 atom stereocenters. The van der Waals surface area contributed by atoms with Crippen LogP contribution in [-0.4, -0.2) is 11.6 Å². The molecule has 0 aliphatic heterocycles. The molecule has 0 saturated carbocycles. The molecule has 0 fully saturated rings. The van der Waals surface area contributed by atoms with Crippen LogP contribution in [0.4, 0.5) is 0 Å². The van der Waals surface area contributed by atoms with E-state index >= 15 is 0 Å². The number of hydrogen-bond donors (Lipinski definition) is 0. The predicted octanol–water partition coefficient (Wildman–Crippen LogP) is 3.36. The van der Waals surface area contributed by atoms with E-state index in [-0.39, 0.29) is 23.4 Å². The number of hydrogen-bond acceptors (Lipinski definition) is 2. The van der Waals surface area contributed by atoms with Crippen molar-refractivity contribution in [3.63, 3.8) is 0 Å². The topological polar surface area (TPSA) is 34.1 Å². The highest BCUT2D eigenvalue weighted by atomic mass is 16.1. The SMILES string of the molecule is CC1=C(Cc2ccc(C)cc2)C(=O)C2C=CC=CC2C1=O. The van der Waals surface area contributed by atoms with Gasteiger partial charge in [-0.15, -0.1) is 0 Å². The van der Waals surface area contributed by atoms with Gasteiger partial charge in [0.05, 0.1) is 11.8 Å². The molecule has 0 N–H and O–H groups in total. The van der Waals surface area contributed by atoms with E-state index in [9.17, 15) is 9.59 Å². The van der Waals surface area contributed by atoms with Crippen LogP contribution in [0.15, 0.2) is 59.7 Å². The number of carbonyl (C=O) groups is 2. The average molecular weight is 278 g/mol. The van der Waals surface area contributed by atoms with Crippen LogP contribution in [0.5, 0.6) is 0 Å². The van der Waals surface area contributed by atoms with Crippen molar-refractivity contribution >= 4 is 11.6 Å². The first-order chi connectivity index (χ1) is 10.1. The van der Waals surface area contributed by atoms with Crippen molar-refractivity contribution in [3.8, 4) is 0 Å². The molecule has 0 bridgehead atoms. The lowest BCUT2D eigenvalue weighted by Gasteiger charge is -2.29. The highest BCUT2D eigenvalue weighted by Gasteiger charge is 2.39. The number of carbonyl (C=O) groups excluding carboxylic acids is 2. The van der Waals surface area contributed by atoms with Crippen LogP contribution in [-0.2, 0) is 16.0 Å². The summed E-state index contributed by atoms with van der Waals surface area (Å²) in [5, 5.41) is 0. The lowest BCUT2D eigenvalue weighted by atomic mass is 9.71. The van der Waals surface area contributed by atoms with Crippen LogP contribution in [0.3, 0.4) is 0 Å². The summed E-state index contributed by atoms with van der Waals surface area (Å²) < 4.78 is 0. The highest BCUT2D eigenvalue weighted by Crippen LogP contribution is 2.34. The summed E-state index contributed by atoms with van der Waals surface area (Å²) in [4.78, 5) is 25.2. The minimum atomic E-state index is -0.313. The maximum Gasteiger partial charge on any atom is 0.167 e. The quantitative estimate of drug-likeness (QED) is 0.831. The Balaban J connectivity index is 1.96. The van der Waals surface area contributed by atoms with E-state index in [0.29, 0.717) is 17.6 Å². The maximum atomic E-state index is 12.7. The molecule has 1 aromatic carbocycles. The minimum Gasteiger partial charge on any atom is -0.294 e. The van der Waals surface area contributed by atoms with Crippen LogP contribution < -0.4 is 0 Å². The Bertz CT molecular complexity index is 687. The summed E-state index contributed by atoms with van der Waals surface area (Å²) in [6, 6.07) is 8.12.